The number of rotatable bonds is 7. The van der Waals surface area contributed by atoms with E-state index in [1.54, 1.807) is 18.2 Å². The highest BCUT2D eigenvalue weighted by Crippen LogP contribution is 2.19. The molecule has 0 aliphatic rings. The smallest absolute Gasteiger partial charge is 0.241 e. The van der Waals surface area contributed by atoms with Crippen molar-refractivity contribution in [3.05, 3.63) is 42.5 Å². The quantitative estimate of drug-likeness (QED) is 0.795. The monoisotopic (exact) mass is 362 g/mol. The molecule has 2 rings (SSSR count). The summed E-state index contributed by atoms with van der Waals surface area (Å²) in [5.41, 5.74) is 0. The number of carbonyl (C=O) groups excluding carboxylic acids is 1. The Balaban J connectivity index is 2.28. The van der Waals surface area contributed by atoms with E-state index in [1.165, 1.54) is 0 Å². The largest absolute Gasteiger partial charge is 0.352 e. The maximum Gasteiger partial charge on any atom is 0.241 e. The number of fused-ring (bicyclic) bond motifs is 1. The maximum absolute atomic E-state index is 12.8. The van der Waals surface area contributed by atoms with E-state index in [-0.39, 0.29) is 22.8 Å². The van der Waals surface area contributed by atoms with Gasteiger partial charge in [-0.15, -0.1) is 0 Å². The zero-order valence-electron chi connectivity index (χ0n) is 15.1. The predicted octanol–water partition coefficient (Wildman–Crippen LogP) is 3.06. The molecule has 0 aliphatic carbocycles. The van der Waals surface area contributed by atoms with Gasteiger partial charge in [0.2, 0.25) is 15.9 Å². The van der Waals surface area contributed by atoms with E-state index in [0.29, 0.717) is 0 Å². The summed E-state index contributed by atoms with van der Waals surface area (Å²) in [6.07, 6.45) is 0.786. The molecule has 0 aromatic heterocycles. The van der Waals surface area contributed by atoms with Crippen LogP contribution in [0.3, 0.4) is 0 Å². The first-order chi connectivity index (χ1) is 11.7. The first-order valence-electron chi connectivity index (χ1n) is 8.56. The van der Waals surface area contributed by atoms with Gasteiger partial charge < -0.3 is 5.32 Å². The fourth-order valence-electron chi connectivity index (χ4n) is 2.50. The van der Waals surface area contributed by atoms with Gasteiger partial charge in [0.25, 0.3) is 0 Å². The summed E-state index contributed by atoms with van der Waals surface area (Å²) < 4.78 is 28.1. The molecular formula is C19H26N2O3S. The lowest BCUT2D eigenvalue weighted by atomic mass is 10.0. The second kappa shape index (κ2) is 7.97. The van der Waals surface area contributed by atoms with Crippen LogP contribution in [0.4, 0.5) is 0 Å². The van der Waals surface area contributed by atoms with E-state index in [1.807, 2.05) is 52.0 Å². The van der Waals surface area contributed by atoms with Gasteiger partial charge in [-0.2, -0.15) is 4.72 Å². The average Bonchev–Trinajstić information content (AvgIpc) is 2.58. The Kier molecular flexibility index (Phi) is 6.19. The lowest BCUT2D eigenvalue weighted by Crippen LogP contribution is -2.51. The fraction of sp³-hybridized carbons (Fsp3) is 0.421. The Bertz CT molecular complexity index is 847. The predicted molar refractivity (Wildman–Crippen MR) is 101 cm³/mol. The number of benzene rings is 2. The van der Waals surface area contributed by atoms with Gasteiger partial charge in [-0.3, -0.25) is 4.79 Å². The van der Waals surface area contributed by atoms with Crippen LogP contribution in [0, 0.1) is 5.92 Å². The number of hydrogen-bond acceptors (Lipinski definition) is 3. The molecule has 2 N–H and O–H groups in total. The SMILES string of the molecule is CC[C@@H](C)NC(=O)[C@H](NS(=O)(=O)c1ccc2ccccc2c1)C(C)C. The van der Waals surface area contributed by atoms with Crippen LogP contribution in [0.25, 0.3) is 10.8 Å². The van der Waals surface area contributed by atoms with Crippen LogP contribution in [0.2, 0.25) is 0 Å². The molecule has 25 heavy (non-hydrogen) atoms. The van der Waals surface area contributed by atoms with Crippen LogP contribution in [0.5, 0.6) is 0 Å². The van der Waals surface area contributed by atoms with E-state index < -0.39 is 16.1 Å². The minimum atomic E-state index is -3.79. The third kappa shape index (κ3) is 4.80. The van der Waals surface area contributed by atoms with Gasteiger partial charge in [0.15, 0.2) is 0 Å². The number of hydrogen-bond donors (Lipinski definition) is 2. The van der Waals surface area contributed by atoms with Crippen molar-refractivity contribution in [1.29, 1.82) is 0 Å². The zero-order valence-corrected chi connectivity index (χ0v) is 15.9. The Labute approximate surface area is 149 Å². The highest BCUT2D eigenvalue weighted by Gasteiger charge is 2.29. The molecule has 136 valence electrons. The number of nitrogens with one attached hydrogen (secondary N) is 2. The second-order valence-electron chi connectivity index (χ2n) is 6.67. The van der Waals surface area contributed by atoms with Crippen molar-refractivity contribution < 1.29 is 13.2 Å². The maximum atomic E-state index is 12.8. The number of sulfonamides is 1. The topological polar surface area (TPSA) is 75.3 Å². The summed E-state index contributed by atoms with van der Waals surface area (Å²) in [5, 5.41) is 4.66. The van der Waals surface area contributed by atoms with Gasteiger partial charge in [-0.1, -0.05) is 51.1 Å². The van der Waals surface area contributed by atoms with Crippen LogP contribution in [0.15, 0.2) is 47.4 Å². The zero-order chi connectivity index (χ0) is 18.6. The fourth-order valence-corrected chi connectivity index (χ4v) is 3.88. The molecule has 0 fully saturated rings. The third-order valence-electron chi connectivity index (χ3n) is 4.26. The Hall–Kier alpha value is -1.92. The van der Waals surface area contributed by atoms with Crippen molar-refractivity contribution in [3.63, 3.8) is 0 Å². The molecule has 6 heteroatoms. The highest BCUT2D eigenvalue weighted by atomic mass is 32.2. The average molecular weight is 362 g/mol. The van der Waals surface area contributed by atoms with Gasteiger partial charge in [0.05, 0.1) is 4.90 Å². The molecule has 2 aromatic carbocycles. The normalized spacial score (nSPS) is 14.4. The van der Waals surface area contributed by atoms with Crippen LogP contribution in [0.1, 0.15) is 34.1 Å². The van der Waals surface area contributed by atoms with Crippen molar-refractivity contribution in [2.75, 3.05) is 0 Å². The molecule has 0 heterocycles. The molecule has 0 spiro atoms. The van der Waals surface area contributed by atoms with E-state index in [4.69, 9.17) is 0 Å². The molecule has 0 aliphatic heterocycles. The Morgan fingerprint density at radius 3 is 2.28 bits per heavy atom. The van der Waals surface area contributed by atoms with Crippen molar-refractivity contribution in [2.24, 2.45) is 5.92 Å². The molecule has 2 atom stereocenters. The summed E-state index contributed by atoms with van der Waals surface area (Å²) in [6, 6.07) is 11.7. The Morgan fingerprint density at radius 1 is 1.04 bits per heavy atom. The van der Waals surface area contributed by atoms with Crippen molar-refractivity contribution in [1.82, 2.24) is 10.0 Å². The van der Waals surface area contributed by atoms with Crippen molar-refractivity contribution in [3.8, 4) is 0 Å². The summed E-state index contributed by atoms with van der Waals surface area (Å²) in [5.74, 6) is -0.465. The van der Waals surface area contributed by atoms with Crippen molar-refractivity contribution in [2.45, 2.75) is 51.1 Å². The summed E-state index contributed by atoms with van der Waals surface area (Å²) in [4.78, 5) is 12.6. The lowest BCUT2D eigenvalue weighted by molar-refractivity contribution is -0.124. The van der Waals surface area contributed by atoms with E-state index in [0.717, 1.165) is 17.2 Å². The third-order valence-corrected chi connectivity index (χ3v) is 5.70. The molecule has 5 nitrogen and oxygen atoms in total. The molecule has 2 aromatic rings. The summed E-state index contributed by atoms with van der Waals surface area (Å²) >= 11 is 0. The molecular weight excluding hydrogens is 336 g/mol. The molecule has 1 amide bonds. The first kappa shape index (κ1) is 19.4. The molecule has 0 saturated heterocycles. The summed E-state index contributed by atoms with van der Waals surface area (Å²) in [7, 11) is -3.79. The first-order valence-corrected chi connectivity index (χ1v) is 10.0. The summed E-state index contributed by atoms with van der Waals surface area (Å²) in [6.45, 7) is 7.51. The number of carbonyl (C=O) groups is 1. The van der Waals surface area contributed by atoms with E-state index in [2.05, 4.69) is 10.0 Å². The van der Waals surface area contributed by atoms with Crippen LogP contribution in [-0.4, -0.2) is 26.4 Å². The van der Waals surface area contributed by atoms with Crippen LogP contribution < -0.4 is 10.0 Å². The minimum absolute atomic E-state index is 0.000997. The standard InChI is InChI=1S/C19H26N2O3S/c1-5-14(4)20-19(22)18(13(2)3)21-25(23,24)17-11-10-15-8-6-7-9-16(15)12-17/h6-14,18,21H,5H2,1-4H3,(H,20,22)/t14-,18-/m1/s1. The lowest BCUT2D eigenvalue weighted by Gasteiger charge is -2.23. The Morgan fingerprint density at radius 2 is 1.68 bits per heavy atom. The minimum Gasteiger partial charge on any atom is -0.352 e. The van der Waals surface area contributed by atoms with Gasteiger partial charge in [-0.25, -0.2) is 8.42 Å². The molecule has 0 saturated carbocycles. The second-order valence-corrected chi connectivity index (χ2v) is 8.38. The molecule has 0 radical (unpaired) electrons. The highest BCUT2D eigenvalue weighted by molar-refractivity contribution is 7.89. The van der Waals surface area contributed by atoms with E-state index >= 15 is 0 Å². The molecule has 0 unspecified atom stereocenters. The van der Waals surface area contributed by atoms with Gasteiger partial charge in [0.1, 0.15) is 6.04 Å². The van der Waals surface area contributed by atoms with Crippen molar-refractivity contribution >= 4 is 26.7 Å². The van der Waals surface area contributed by atoms with Crippen LogP contribution >= 0.6 is 0 Å². The molecule has 0 bridgehead atoms. The van der Waals surface area contributed by atoms with Gasteiger partial charge >= 0.3 is 0 Å². The van der Waals surface area contributed by atoms with Crippen LogP contribution in [-0.2, 0) is 14.8 Å². The van der Waals surface area contributed by atoms with Gasteiger partial charge in [0, 0.05) is 6.04 Å². The van der Waals surface area contributed by atoms with E-state index in [9.17, 15) is 13.2 Å². The number of amides is 1. The van der Waals surface area contributed by atoms with Gasteiger partial charge in [-0.05, 0) is 42.2 Å².